The molecule has 1 aromatic carbocycles. The zero-order valence-electron chi connectivity index (χ0n) is 13.5. The first-order valence-corrected chi connectivity index (χ1v) is 9.38. The minimum atomic E-state index is -4.42. The van der Waals surface area contributed by atoms with Gasteiger partial charge in [-0.05, 0) is 35.7 Å². The molecule has 5 nitrogen and oxygen atoms in total. The molecule has 2 aromatic heterocycles. The Morgan fingerprint density at radius 3 is 2.41 bits per heavy atom. The summed E-state index contributed by atoms with van der Waals surface area (Å²) in [6.45, 7) is 0. The molecule has 2 N–H and O–H groups in total. The van der Waals surface area contributed by atoms with Crippen LogP contribution in [-0.2, 0) is 17.4 Å². The number of alkyl halides is 3. The van der Waals surface area contributed by atoms with E-state index in [1.54, 1.807) is 22.2 Å². The van der Waals surface area contributed by atoms with Gasteiger partial charge in [0.25, 0.3) is 5.91 Å². The summed E-state index contributed by atoms with van der Waals surface area (Å²) < 4.78 is 37.6. The van der Waals surface area contributed by atoms with Gasteiger partial charge in [0, 0.05) is 16.4 Å². The first-order chi connectivity index (χ1) is 12.8. The largest absolute Gasteiger partial charge is 0.416 e. The van der Waals surface area contributed by atoms with Gasteiger partial charge in [-0.15, -0.1) is 11.3 Å². The van der Waals surface area contributed by atoms with Crippen molar-refractivity contribution in [3.8, 4) is 0 Å². The van der Waals surface area contributed by atoms with Gasteiger partial charge in [0.1, 0.15) is 0 Å². The van der Waals surface area contributed by atoms with E-state index < -0.39 is 17.6 Å². The highest BCUT2D eigenvalue weighted by Crippen LogP contribution is 2.29. The van der Waals surface area contributed by atoms with E-state index in [4.69, 9.17) is 0 Å². The lowest BCUT2D eigenvalue weighted by Gasteiger charge is -2.08. The van der Waals surface area contributed by atoms with E-state index in [1.807, 2.05) is 0 Å². The molecule has 2 amide bonds. The Kier molecular flexibility index (Phi) is 5.57. The van der Waals surface area contributed by atoms with Gasteiger partial charge in [-0.2, -0.15) is 24.5 Å². The molecular weight excluding hydrogens is 399 g/mol. The Bertz CT molecular complexity index is 935. The zero-order chi connectivity index (χ0) is 19.4. The third-order valence-corrected chi connectivity index (χ3v) is 4.88. The van der Waals surface area contributed by atoms with Crippen LogP contribution in [0.15, 0.2) is 46.5 Å². The predicted molar refractivity (Wildman–Crippen MR) is 98.2 cm³/mol. The van der Waals surface area contributed by atoms with Crippen molar-refractivity contribution in [2.45, 2.75) is 12.6 Å². The molecule has 140 valence electrons. The Balaban J connectivity index is 1.55. The highest BCUT2D eigenvalue weighted by molar-refractivity contribution is 7.14. The van der Waals surface area contributed by atoms with Crippen LogP contribution in [0.2, 0.25) is 0 Å². The van der Waals surface area contributed by atoms with Crippen molar-refractivity contribution >= 4 is 45.3 Å². The standard InChI is InChI=1S/C17H12F3N3O2S2/c18-17(19,20)11-1-3-12(4-2-11)21-14(24)7-13-9-27-16(22-13)23-15(25)10-5-6-26-8-10/h1-6,8-9H,7H2,(H,21,24)(H,22,23,25). The average molecular weight is 411 g/mol. The van der Waals surface area contributed by atoms with Crippen LogP contribution in [0.25, 0.3) is 0 Å². The van der Waals surface area contributed by atoms with Crippen LogP contribution in [0.5, 0.6) is 0 Å². The van der Waals surface area contributed by atoms with Gasteiger partial charge in [-0.3, -0.25) is 14.9 Å². The summed E-state index contributed by atoms with van der Waals surface area (Å²) in [7, 11) is 0. The topological polar surface area (TPSA) is 71.1 Å². The first-order valence-electron chi connectivity index (χ1n) is 7.56. The molecule has 3 rings (SSSR count). The van der Waals surface area contributed by atoms with Crippen LogP contribution in [0.4, 0.5) is 24.0 Å². The van der Waals surface area contributed by atoms with E-state index in [1.165, 1.54) is 34.8 Å². The van der Waals surface area contributed by atoms with Crippen LogP contribution < -0.4 is 10.6 Å². The van der Waals surface area contributed by atoms with E-state index in [-0.39, 0.29) is 18.0 Å². The number of hydrogen-bond acceptors (Lipinski definition) is 5. The molecule has 0 unspecified atom stereocenters. The molecule has 0 atom stereocenters. The molecule has 10 heteroatoms. The lowest BCUT2D eigenvalue weighted by Crippen LogP contribution is -2.15. The van der Waals surface area contributed by atoms with Gasteiger partial charge < -0.3 is 5.32 Å². The predicted octanol–water partition coefficient (Wildman–Crippen LogP) is 4.66. The number of thiazole rings is 1. The number of benzene rings is 1. The van der Waals surface area contributed by atoms with Gasteiger partial charge in [0.15, 0.2) is 5.13 Å². The van der Waals surface area contributed by atoms with Crippen molar-refractivity contribution in [3.63, 3.8) is 0 Å². The van der Waals surface area contributed by atoms with E-state index >= 15 is 0 Å². The number of halogens is 3. The number of aromatic nitrogens is 1. The number of nitrogens with zero attached hydrogens (tertiary/aromatic N) is 1. The van der Waals surface area contributed by atoms with Crippen molar-refractivity contribution in [2.75, 3.05) is 10.6 Å². The summed E-state index contributed by atoms with van der Waals surface area (Å²) >= 11 is 2.59. The summed E-state index contributed by atoms with van der Waals surface area (Å²) in [5.74, 6) is -0.706. The number of rotatable bonds is 5. The fourth-order valence-corrected chi connectivity index (χ4v) is 3.46. The molecule has 0 fully saturated rings. The quantitative estimate of drug-likeness (QED) is 0.642. The number of amides is 2. The molecule has 0 aliphatic rings. The lowest BCUT2D eigenvalue weighted by atomic mass is 10.2. The molecule has 0 spiro atoms. The van der Waals surface area contributed by atoms with Gasteiger partial charge in [-0.25, -0.2) is 4.98 Å². The molecule has 2 heterocycles. The van der Waals surface area contributed by atoms with Crippen LogP contribution >= 0.6 is 22.7 Å². The van der Waals surface area contributed by atoms with Crippen molar-refractivity contribution in [3.05, 3.63) is 63.3 Å². The molecule has 3 aromatic rings. The molecule has 27 heavy (non-hydrogen) atoms. The number of carbonyl (C=O) groups is 2. The van der Waals surface area contributed by atoms with Crippen LogP contribution in [0.3, 0.4) is 0 Å². The van der Waals surface area contributed by atoms with Crippen molar-refractivity contribution in [1.82, 2.24) is 4.98 Å². The van der Waals surface area contributed by atoms with Gasteiger partial charge in [0.2, 0.25) is 5.91 Å². The third-order valence-electron chi connectivity index (χ3n) is 3.39. The molecular formula is C17H12F3N3O2S2. The van der Waals surface area contributed by atoms with E-state index in [2.05, 4.69) is 15.6 Å². The SMILES string of the molecule is O=C(Cc1csc(NC(=O)c2ccsc2)n1)Nc1ccc(C(F)(F)F)cc1. The van der Waals surface area contributed by atoms with Gasteiger partial charge in [0.05, 0.1) is 23.2 Å². The summed E-state index contributed by atoms with van der Waals surface area (Å²) in [5, 5.41) is 10.7. The Labute approximate surface area is 159 Å². The second kappa shape index (κ2) is 7.89. The van der Waals surface area contributed by atoms with Crippen LogP contribution in [0.1, 0.15) is 21.6 Å². The summed E-state index contributed by atoms with van der Waals surface area (Å²) in [6.07, 6.45) is -4.49. The molecule has 0 radical (unpaired) electrons. The normalized spacial score (nSPS) is 11.2. The fraction of sp³-hybridized carbons (Fsp3) is 0.118. The highest BCUT2D eigenvalue weighted by Gasteiger charge is 2.30. The number of hydrogen-bond donors (Lipinski definition) is 2. The number of carbonyl (C=O) groups excluding carboxylic acids is 2. The monoisotopic (exact) mass is 411 g/mol. The van der Waals surface area contributed by atoms with Crippen molar-refractivity contribution in [2.24, 2.45) is 0 Å². The number of thiophene rings is 1. The minimum absolute atomic E-state index is 0.0636. The van der Waals surface area contributed by atoms with Crippen LogP contribution in [0, 0.1) is 0 Å². The fourth-order valence-electron chi connectivity index (χ4n) is 2.12. The smallest absolute Gasteiger partial charge is 0.326 e. The lowest BCUT2D eigenvalue weighted by molar-refractivity contribution is -0.137. The van der Waals surface area contributed by atoms with E-state index in [9.17, 15) is 22.8 Å². The van der Waals surface area contributed by atoms with Gasteiger partial charge >= 0.3 is 6.18 Å². The molecule has 0 aliphatic heterocycles. The molecule has 0 saturated heterocycles. The minimum Gasteiger partial charge on any atom is -0.326 e. The Morgan fingerprint density at radius 1 is 1.04 bits per heavy atom. The van der Waals surface area contributed by atoms with Crippen LogP contribution in [-0.4, -0.2) is 16.8 Å². The maximum atomic E-state index is 12.5. The average Bonchev–Trinajstić information content (AvgIpc) is 3.26. The molecule has 0 bridgehead atoms. The Hall–Kier alpha value is -2.72. The highest BCUT2D eigenvalue weighted by atomic mass is 32.1. The summed E-state index contributed by atoms with van der Waals surface area (Å²) in [4.78, 5) is 28.1. The summed E-state index contributed by atoms with van der Waals surface area (Å²) in [5.41, 5.74) is 0.446. The second-order valence-electron chi connectivity index (χ2n) is 5.41. The second-order valence-corrected chi connectivity index (χ2v) is 7.05. The number of nitrogens with one attached hydrogen (secondary N) is 2. The van der Waals surface area contributed by atoms with Crippen molar-refractivity contribution < 1.29 is 22.8 Å². The van der Waals surface area contributed by atoms with E-state index in [0.717, 1.165) is 12.1 Å². The molecule has 0 saturated carbocycles. The van der Waals surface area contributed by atoms with Gasteiger partial charge in [-0.1, -0.05) is 0 Å². The van der Waals surface area contributed by atoms with E-state index in [0.29, 0.717) is 16.4 Å². The summed E-state index contributed by atoms with van der Waals surface area (Å²) in [6, 6.07) is 5.86. The Morgan fingerprint density at radius 2 is 1.78 bits per heavy atom. The third kappa shape index (κ3) is 5.14. The number of anilines is 2. The maximum Gasteiger partial charge on any atom is 0.416 e. The van der Waals surface area contributed by atoms with Crippen molar-refractivity contribution in [1.29, 1.82) is 0 Å². The first kappa shape index (κ1) is 19.1. The zero-order valence-corrected chi connectivity index (χ0v) is 15.2. The maximum absolute atomic E-state index is 12.5. The molecule has 0 aliphatic carbocycles.